The molecule has 0 fully saturated rings. The zero-order valence-electron chi connectivity index (χ0n) is 15.5. The summed E-state index contributed by atoms with van der Waals surface area (Å²) in [6.07, 6.45) is 1.38. The lowest BCUT2D eigenvalue weighted by Gasteiger charge is -2.18. The Bertz CT molecular complexity index is 1140. The van der Waals surface area contributed by atoms with Crippen LogP contribution in [0.2, 0.25) is 5.02 Å². The largest absolute Gasteiger partial charge is 0.308 e. The average molecular weight is 438 g/mol. The van der Waals surface area contributed by atoms with E-state index in [0.29, 0.717) is 23.8 Å². The van der Waals surface area contributed by atoms with E-state index in [-0.39, 0.29) is 17.0 Å². The molecule has 0 bridgehead atoms. The quantitative estimate of drug-likeness (QED) is 0.565. The van der Waals surface area contributed by atoms with E-state index in [0.717, 1.165) is 10.6 Å². The standard InChI is InChI=1S/C19H20ClN3O3S2/c1-3-23(4-2)28(25,26)15-9-10-18(24)22(12-15)11-14-13-27-19(21-14)16-7-5-6-8-17(16)20/h5-10,12-13H,3-4,11H2,1-2H3. The van der Waals surface area contributed by atoms with Crippen molar-refractivity contribution in [2.75, 3.05) is 13.1 Å². The van der Waals surface area contributed by atoms with Crippen LogP contribution >= 0.6 is 22.9 Å². The third-order valence-electron chi connectivity index (χ3n) is 4.29. The fraction of sp³-hybridized carbons (Fsp3) is 0.263. The maximum absolute atomic E-state index is 12.7. The highest BCUT2D eigenvalue weighted by Crippen LogP contribution is 2.30. The summed E-state index contributed by atoms with van der Waals surface area (Å²) in [7, 11) is -3.64. The van der Waals surface area contributed by atoms with Gasteiger partial charge in [0, 0.05) is 36.3 Å². The van der Waals surface area contributed by atoms with Gasteiger partial charge >= 0.3 is 0 Å². The van der Waals surface area contributed by atoms with Crippen LogP contribution in [0.4, 0.5) is 0 Å². The Labute approximate surface area is 173 Å². The van der Waals surface area contributed by atoms with Crippen LogP contribution < -0.4 is 5.56 Å². The summed E-state index contributed by atoms with van der Waals surface area (Å²) in [5, 5.41) is 3.20. The van der Waals surface area contributed by atoms with E-state index in [4.69, 9.17) is 11.6 Å². The van der Waals surface area contributed by atoms with Gasteiger partial charge in [-0.3, -0.25) is 4.79 Å². The van der Waals surface area contributed by atoms with Gasteiger partial charge in [-0.2, -0.15) is 4.31 Å². The third-order valence-corrected chi connectivity index (χ3v) is 7.58. The Morgan fingerprint density at radius 2 is 1.86 bits per heavy atom. The molecule has 1 aromatic carbocycles. The number of hydrogen-bond acceptors (Lipinski definition) is 5. The zero-order valence-corrected chi connectivity index (χ0v) is 17.9. The van der Waals surface area contributed by atoms with Crippen LogP contribution in [0.3, 0.4) is 0 Å². The Balaban J connectivity index is 1.92. The van der Waals surface area contributed by atoms with E-state index < -0.39 is 10.0 Å². The lowest BCUT2D eigenvalue weighted by atomic mass is 10.2. The molecule has 3 rings (SSSR count). The highest BCUT2D eigenvalue weighted by atomic mass is 35.5. The number of rotatable bonds is 7. The average Bonchev–Trinajstić information content (AvgIpc) is 3.13. The Hall–Kier alpha value is -2.00. The van der Waals surface area contributed by atoms with Crippen LogP contribution in [-0.4, -0.2) is 35.4 Å². The number of benzene rings is 1. The number of aromatic nitrogens is 2. The van der Waals surface area contributed by atoms with Gasteiger partial charge in [0.25, 0.3) is 5.56 Å². The van der Waals surface area contributed by atoms with Gasteiger partial charge in [-0.25, -0.2) is 13.4 Å². The smallest absolute Gasteiger partial charge is 0.250 e. The highest BCUT2D eigenvalue weighted by Gasteiger charge is 2.22. The Kier molecular flexibility index (Phi) is 6.34. The molecule has 0 atom stereocenters. The second kappa shape index (κ2) is 8.57. The number of sulfonamides is 1. The first kappa shape index (κ1) is 20.7. The molecule has 0 saturated carbocycles. The van der Waals surface area contributed by atoms with E-state index in [1.165, 1.54) is 38.5 Å². The first-order chi connectivity index (χ1) is 13.4. The van der Waals surface area contributed by atoms with Crippen molar-refractivity contribution in [3.8, 4) is 10.6 Å². The summed E-state index contributed by atoms with van der Waals surface area (Å²) in [6.45, 7) is 4.48. The summed E-state index contributed by atoms with van der Waals surface area (Å²) in [6, 6.07) is 10.0. The van der Waals surface area contributed by atoms with Crippen LogP contribution in [0.5, 0.6) is 0 Å². The minimum atomic E-state index is -3.64. The first-order valence-corrected chi connectivity index (χ1v) is 11.5. The second-order valence-electron chi connectivity index (χ2n) is 6.04. The molecule has 6 nitrogen and oxygen atoms in total. The van der Waals surface area contributed by atoms with Gasteiger partial charge in [0.1, 0.15) is 5.01 Å². The fourth-order valence-electron chi connectivity index (χ4n) is 2.81. The molecule has 9 heteroatoms. The molecule has 28 heavy (non-hydrogen) atoms. The molecule has 0 radical (unpaired) electrons. The number of thiazole rings is 1. The van der Waals surface area contributed by atoms with E-state index in [1.54, 1.807) is 19.9 Å². The molecule has 0 aliphatic rings. The molecule has 3 aromatic rings. The zero-order chi connectivity index (χ0) is 20.3. The minimum absolute atomic E-state index is 0.0948. The topological polar surface area (TPSA) is 72.3 Å². The predicted molar refractivity (Wildman–Crippen MR) is 112 cm³/mol. The van der Waals surface area contributed by atoms with Gasteiger partial charge in [0.15, 0.2) is 0 Å². The third kappa shape index (κ3) is 4.20. The molecular formula is C19H20ClN3O3S2. The van der Waals surface area contributed by atoms with Crippen LogP contribution in [0.25, 0.3) is 10.6 Å². The van der Waals surface area contributed by atoms with Gasteiger partial charge in [-0.1, -0.05) is 43.6 Å². The molecule has 0 aliphatic carbocycles. The predicted octanol–water partition coefficient (Wildman–Crippen LogP) is 3.70. The van der Waals surface area contributed by atoms with Crippen LogP contribution in [0, 0.1) is 0 Å². The summed E-state index contributed by atoms with van der Waals surface area (Å²) in [4.78, 5) is 16.9. The van der Waals surface area contributed by atoms with Crippen LogP contribution in [0.15, 0.2) is 57.7 Å². The van der Waals surface area contributed by atoms with Gasteiger partial charge in [0.2, 0.25) is 10.0 Å². The summed E-state index contributed by atoms with van der Waals surface area (Å²) in [5.41, 5.74) is 1.20. The normalized spacial score (nSPS) is 11.9. The molecule has 0 N–H and O–H groups in total. The van der Waals surface area contributed by atoms with Crippen molar-refractivity contribution in [3.63, 3.8) is 0 Å². The fourth-order valence-corrected chi connectivity index (χ4v) is 5.42. The van der Waals surface area contributed by atoms with Gasteiger partial charge < -0.3 is 4.57 Å². The number of hydrogen-bond donors (Lipinski definition) is 0. The van der Waals surface area contributed by atoms with Gasteiger partial charge in [-0.15, -0.1) is 11.3 Å². The van der Waals surface area contributed by atoms with E-state index in [9.17, 15) is 13.2 Å². The molecule has 0 amide bonds. The van der Waals surface area contributed by atoms with Crippen molar-refractivity contribution in [1.29, 1.82) is 0 Å². The number of pyridine rings is 1. The Morgan fingerprint density at radius 1 is 1.14 bits per heavy atom. The number of nitrogens with zero attached hydrogens (tertiary/aromatic N) is 3. The molecule has 0 saturated heterocycles. The lowest BCUT2D eigenvalue weighted by molar-refractivity contribution is 0.444. The van der Waals surface area contributed by atoms with E-state index in [2.05, 4.69) is 4.98 Å². The van der Waals surface area contributed by atoms with E-state index in [1.807, 2.05) is 23.6 Å². The first-order valence-electron chi connectivity index (χ1n) is 8.76. The van der Waals surface area contributed by atoms with E-state index >= 15 is 0 Å². The van der Waals surface area contributed by atoms with Crippen LogP contribution in [-0.2, 0) is 16.6 Å². The highest BCUT2D eigenvalue weighted by molar-refractivity contribution is 7.89. The van der Waals surface area contributed by atoms with Crippen LogP contribution in [0.1, 0.15) is 19.5 Å². The molecule has 2 heterocycles. The summed E-state index contributed by atoms with van der Waals surface area (Å²) < 4.78 is 28.2. The maximum atomic E-state index is 12.7. The summed E-state index contributed by atoms with van der Waals surface area (Å²) >= 11 is 7.65. The SMILES string of the molecule is CCN(CC)S(=O)(=O)c1ccc(=O)n(Cc2csc(-c3ccccc3Cl)n2)c1. The molecule has 0 unspecified atom stereocenters. The van der Waals surface area contributed by atoms with Crippen molar-refractivity contribution in [2.45, 2.75) is 25.3 Å². The number of halogens is 1. The monoisotopic (exact) mass is 437 g/mol. The van der Waals surface area contributed by atoms with Crippen molar-refractivity contribution < 1.29 is 8.42 Å². The van der Waals surface area contributed by atoms with Crippen molar-refractivity contribution in [1.82, 2.24) is 13.9 Å². The molecule has 148 valence electrons. The summed E-state index contributed by atoms with van der Waals surface area (Å²) in [5.74, 6) is 0. The lowest BCUT2D eigenvalue weighted by Crippen LogP contribution is -2.32. The van der Waals surface area contributed by atoms with Gasteiger partial charge in [0.05, 0.1) is 22.2 Å². The van der Waals surface area contributed by atoms with Gasteiger partial charge in [-0.05, 0) is 12.1 Å². The minimum Gasteiger partial charge on any atom is -0.308 e. The van der Waals surface area contributed by atoms with Crippen molar-refractivity contribution >= 4 is 33.0 Å². The van der Waals surface area contributed by atoms with Crippen molar-refractivity contribution in [3.05, 3.63) is 69.0 Å². The second-order valence-corrected chi connectivity index (χ2v) is 9.25. The molecule has 0 spiro atoms. The molecule has 2 aromatic heterocycles. The Morgan fingerprint density at radius 3 is 2.54 bits per heavy atom. The molecular weight excluding hydrogens is 418 g/mol. The molecule has 0 aliphatic heterocycles. The van der Waals surface area contributed by atoms with Crippen molar-refractivity contribution in [2.24, 2.45) is 0 Å². The maximum Gasteiger partial charge on any atom is 0.250 e.